The van der Waals surface area contributed by atoms with E-state index in [1.165, 1.54) is 6.20 Å². The zero-order chi connectivity index (χ0) is 13.2. The molecular formula is C11H14N6O2. The highest BCUT2D eigenvalue weighted by atomic mass is 16.4. The van der Waals surface area contributed by atoms with Gasteiger partial charge in [0.05, 0.1) is 18.6 Å². The SMILES string of the molecule is Cn1cncc1C(=O)Nc1nnc(C2CCCN2)o1. The highest BCUT2D eigenvalue weighted by Gasteiger charge is 2.23. The Labute approximate surface area is 109 Å². The van der Waals surface area contributed by atoms with Crippen molar-refractivity contribution in [2.75, 3.05) is 11.9 Å². The zero-order valence-corrected chi connectivity index (χ0v) is 10.5. The fourth-order valence-corrected chi connectivity index (χ4v) is 2.06. The molecule has 1 saturated heterocycles. The molecule has 3 heterocycles. The normalized spacial score (nSPS) is 18.7. The minimum atomic E-state index is -0.324. The monoisotopic (exact) mass is 262 g/mol. The van der Waals surface area contributed by atoms with Crippen LogP contribution in [-0.2, 0) is 7.05 Å². The third-order valence-corrected chi connectivity index (χ3v) is 3.07. The molecule has 1 atom stereocenters. The topological polar surface area (TPSA) is 97.9 Å². The molecule has 3 rings (SSSR count). The fourth-order valence-electron chi connectivity index (χ4n) is 2.06. The smallest absolute Gasteiger partial charge is 0.322 e. The molecular weight excluding hydrogens is 248 g/mol. The second-order valence-electron chi connectivity index (χ2n) is 4.44. The van der Waals surface area contributed by atoms with Gasteiger partial charge in [0.2, 0.25) is 5.89 Å². The van der Waals surface area contributed by atoms with Crippen LogP contribution in [-0.4, -0.2) is 32.2 Å². The largest absolute Gasteiger partial charge is 0.406 e. The Balaban J connectivity index is 1.70. The van der Waals surface area contributed by atoms with E-state index in [9.17, 15) is 4.79 Å². The summed E-state index contributed by atoms with van der Waals surface area (Å²) in [4.78, 5) is 15.8. The predicted molar refractivity (Wildman–Crippen MR) is 65.4 cm³/mol. The van der Waals surface area contributed by atoms with E-state index in [-0.39, 0.29) is 18.0 Å². The minimum Gasteiger partial charge on any atom is -0.406 e. The van der Waals surface area contributed by atoms with Crippen molar-refractivity contribution in [2.24, 2.45) is 7.05 Å². The molecule has 19 heavy (non-hydrogen) atoms. The molecule has 0 saturated carbocycles. The van der Waals surface area contributed by atoms with Gasteiger partial charge in [-0.15, -0.1) is 5.10 Å². The Kier molecular flexibility index (Phi) is 3.00. The van der Waals surface area contributed by atoms with Crippen LogP contribution in [0.3, 0.4) is 0 Å². The lowest BCUT2D eigenvalue weighted by Crippen LogP contribution is -2.15. The van der Waals surface area contributed by atoms with Crippen LogP contribution in [0.25, 0.3) is 0 Å². The van der Waals surface area contributed by atoms with Gasteiger partial charge in [0.1, 0.15) is 5.69 Å². The van der Waals surface area contributed by atoms with Crippen molar-refractivity contribution in [3.8, 4) is 0 Å². The Hall–Kier alpha value is -2.22. The van der Waals surface area contributed by atoms with E-state index in [1.807, 2.05) is 0 Å². The van der Waals surface area contributed by atoms with E-state index in [4.69, 9.17) is 4.42 Å². The highest BCUT2D eigenvalue weighted by Crippen LogP contribution is 2.22. The quantitative estimate of drug-likeness (QED) is 0.835. The average Bonchev–Trinajstić information content (AvgIpc) is 3.07. The van der Waals surface area contributed by atoms with Gasteiger partial charge in [-0.25, -0.2) is 4.98 Å². The number of rotatable bonds is 3. The molecule has 0 aromatic carbocycles. The number of carbonyl (C=O) groups excluding carboxylic acids is 1. The lowest BCUT2D eigenvalue weighted by atomic mass is 10.2. The van der Waals surface area contributed by atoms with Crippen LogP contribution in [0.1, 0.15) is 35.3 Å². The number of anilines is 1. The van der Waals surface area contributed by atoms with Crippen molar-refractivity contribution in [3.63, 3.8) is 0 Å². The Morgan fingerprint density at radius 3 is 3.16 bits per heavy atom. The van der Waals surface area contributed by atoms with E-state index in [1.54, 1.807) is 17.9 Å². The van der Waals surface area contributed by atoms with Crippen LogP contribution < -0.4 is 10.6 Å². The Morgan fingerprint density at radius 1 is 1.58 bits per heavy atom. The van der Waals surface area contributed by atoms with Gasteiger partial charge in [-0.2, -0.15) is 0 Å². The maximum Gasteiger partial charge on any atom is 0.322 e. The Bertz CT molecular complexity index is 584. The zero-order valence-electron chi connectivity index (χ0n) is 10.5. The van der Waals surface area contributed by atoms with Crippen LogP contribution in [0.5, 0.6) is 0 Å². The van der Waals surface area contributed by atoms with E-state index < -0.39 is 0 Å². The number of hydrogen-bond donors (Lipinski definition) is 2. The van der Waals surface area contributed by atoms with Gasteiger partial charge in [0.15, 0.2) is 0 Å². The number of hydrogen-bond acceptors (Lipinski definition) is 6. The lowest BCUT2D eigenvalue weighted by molar-refractivity contribution is 0.101. The van der Waals surface area contributed by atoms with Gasteiger partial charge in [0.25, 0.3) is 5.91 Å². The first kappa shape index (κ1) is 11.8. The molecule has 1 fully saturated rings. The van der Waals surface area contributed by atoms with Crippen LogP contribution in [0, 0.1) is 0 Å². The second-order valence-corrected chi connectivity index (χ2v) is 4.44. The second kappa shape index (κ2) is 4.81. The van der Waals surface area contributed by atoms with Gasteiger partial charge >= 0.3 is 6.01 Å². The molecule has 2 aromatic rings. The third kappa shape index (κ3) is 2.34. The molecule has 0 spiro atoms. The van der Waals surface area contributed by atoms with Gasteiger partial charge in [-0.1, -0.05) is 5.10 Å². The van der Waals surface area contributed by atoms with Crippen molar-refractivity contribution in [2.45, 2.75) is 18.9 Å². The number of nitrogens with zero attached hydrogens (tertiary/aromatic N) is 4. The first-order chi connectivity index (χ1) is 9.24. The predicted octanol–water partition coefficient (Wildman–Crippen LogP) is 0.480. The van der Waals surface area contributed by atoms with Crippen LogP contribution in [0.4, 0.5) is 6.01 Å². The summed E-state index contributed by atoms with van der Waals surface area (Å²) in [6.45, 7) is 0.948. The fraction of sp³-hybridized carbons (Fsp3) is 0.455. The molecule has 2 N–H and O–H groups in total. The maximum absolute atomic E-state index is 11.9. The van der Waals surface area contributed by atoms with Crippen molar-refractivity contribution in [1.82, 2.24) is 25.1 Å². The highest BCUT2D eigenvalue weighted by molar-refractivity contribution is 6.01. The van der Waals surface area contributed by atoms with Crippen LogP contribution >= 0.6 is 0 Å². The van der Waals surface area contributed by atoms with Crippen molar-refractivity contribution in [1.29, 1.82) is 0 Å². The number of imidazole rings is 1. The van der Waals surface area contributed by atoms with E-state index in [2.05, 4.69) is 25.8 Å². The molecule has 0 bridgehead atoms. The number of nitrogens with one attached hydrogen (secondary N) is 2. The van der Waals surface area contributed by atoms with E-state index >= 15 is 0 Å². The standard InChI is InChI=1S/C11H14N6O2/c1-17-6-12-5-8(17)9(18)14-11-16-15-10(19-11)7-3-2-4-13-7/h5-7,13H,2-4H2,1H3,(H,14,16,18). The van der Waals surface area contributed by atoms with Gasteiger partial charge < -0.3 is 14.3 Å². The van der Waals surface area contributed by atoms with E-state index in [0.717, 1.165) is 19.4 Å². The number of amides is 1. The Morgan fingerprint density at radius 2 is 2.47 bits per heavy atom. The van der Waals surface area contributed by atoms with Gasteiger partial charge in [-0.3, -0.25) is 10.1 Å². The summed E-state index contributed by atoms with van der Waals surface area (Å²) < 4.78 is 7.05. The van der Waals surface area contributed by atoms with E-state index in [0.29, 0.717) is 11.6 Å². The molecule has 8 heteroatoms. The van der Waals surface area contributed by atoms with Crippen LogP contribution in [0.2, 0.25) is 0 Å². The average molecular weight is 262 g/mol. The summed E-state index contributed by atoms with van der Waals surface area (Å²) >= 11 is 0. The van der Waals surface area contributed by atoms with Gasteiger partial charge in [-0.05, 0) is 19.4 Å². The molecule has 1 amide bonds. The van der Waals surface area contributed by atoms with Gasteiger partial charge in [0, 0.05) is 7.05 Å². The molecule has 1 unspecified atom stereocenters. The summed E-state index contributed by atoms with van der Waals surface area (Å²) in [6, 6.07) is 0.199. The van der Waals surface area contributed by atoms with Crippen molar-refractivity contribution in [3.05, 3.63) is 24.1 Å². The molecule has 0 radical (unpaired) electrons. The third-order valence-electron chi connectivity index (χ3n) is 3.07. The summed E-state index contributed by atoms with van der Waals surface area (Å²) in [5.74, 6) is 0.187. The molecule has 2 aromatic heterocycles. The molecule has 1 aliphatic rings. The van der Waals surface area contributed by atoms with Crippen molar-refractivity contribution < 1.29 is 9.21 Å². The lowest BCUT2D eigenvalue weighted by Gasteiger charge is -2.03. The number of carbonyl (C=O) groups is 1. The summed E-state index contributed by atoms with van der Waals surface area (Å²) in [5, 5.41) is 13.6. The summed E-state index contributed by atoms with van der Waals surface area (Å²) in [6.07, 6.45) is 5.09. The number of aryl methyl sites for hydroxylation is 1. The molecule has 100 valence electrons. The first-order valence-electron chi connectivity index (χ1n) is 6.08. The first-order valence-corrected chi connectivity index (χ1v) is 6.08. The molecule has 8 nitrogen and oxygen atoms in total. The van der Waals surface area contributed by atoms with Crippen LogP contribution in [0.15, 0.2) is 16.9 Å². The maximum atomic E-state index is 11.9. The summed E-state index contributed by atoms with van der Waals surface area (Å²) in [5.41, 5.74) is 0.429. The summed E-state index contributed by atoms with van der Waals surface area (Å²) in [7, 11) is 1.74. The molecule has 1 aliphatic heterocycles. The van der Waals surface area contributed by atoms with Crippen molar-refractivity contribution >= 4 is 11.9 Å². The number of aromatic nitrogens is 4. The molecule has 0 aliphatic carbocycles. The minimum absolute atomic E-state index is 0.0925.